The third-order valence-electron chi connectivity index (χ3n) is 9.08. The predicted octanol–water partition coefficient (Wildman–Crippen LogP) is 11.4. The van der Waals surface area contributed by atoms with Gasteiger partial charge in [0.2, 0.25) is 0 Å². The van der Waals surface area contributed by atoms with E-state index in [2.05, 4.69) is 155 Å². The molecule has 0 saturated carbocycles. The summed E-state index contributed by atoms with van der Waals surface area (Å²) in [7, 11) is 0. The van der Waals surface area contributed by atoms with Crippen molar-refractivity contribution < 1.29 is 0 Å². The average molecular weight is 565 g/mol. The van der Waals surface area contributed by atoms with E-state index in [4.69, 9.17) is 0 Å². The molecule has 0 atom stereocenters. The largest absolute Gasteiger partial charge is 0.309 e. The van der Waals surface area contributed by atoms with Crippen LogP contribution in [0.15, 0.2) is 146 Å². The van der Waals surface area contributed by atoms with Crippen molar-refractivity contribution in [3.05, 3.63) is 146 Å². The Morgan fingerprint density at radius 1 is 0.349 bits per heavy atom. The van der Waals surface area contributed by atoms with Gasteiger partial charge in [0.1, 0.15) is 0 Å². The van der Waals surface area contributed by atoms with E-state index < -0.39 is 0 Å². The van der Waals surface area contributed by atoms with E-state index in [1.54, 1.807) is 0 Å². The van der Waals surface area contributed by atoms with Crippen molar-refractivity contribution in [3.8, 4) is 11.4 Å². The number of para-hydroxylation sites is 3. The molecule has 2 nitrogen and oxygen atoms in total. The SMILES string of the molecule is c1ccc(-n2c3ccccc3c3ccc4cc5c6ccccc6n(-c6ccc7sc8ccccc8c7c6)c5cc4c32)cc1. The molecule has 3 aromatic heterocycles. The minimum Gasteiger partial charge on any atom is -0.309 e. The van der Waals surface area contributed by atoms with Crippen molar-refractivity contribution >= 4 is 85.9 Å². The van der Waals surface area contributed by atoms with Crippen LogP contribution in [0.25, 0.3) is 85.9 Å². The summed E-state index contributed by atoms with van der Waals surface area (Å²) in [6, 6.07) is 53.5. The Hall–Kier alpha value is -5.38. The van der Waals surface area contributed by atoms with Gasteiger partial charge in [-0.15, -0.1) is 11.3 Å². The Labute approximate surface area is 251 Å². The number of aromatic nitrogens is 2. The van der Waals surface area contributed by atoms with Crippen molar-refractivity contribution in [1.82, 2.24) is 9.13 Å². The van der Waals surface area contributed by atoms with E-state index >= 15 is 0 Å². The summed E-state index contributed by atoms with van der Waals surface area (Å²) in [5.41, 5.74) is 7.31. The molecule has 0 fully saturated rings. The van der Waals surface area contributed by atoms with Gasteiger partial charge in [0, 0.05) is 58.5 Å². The fraction of sp³-hybridized carbons (Fsp3) is 0. The molecular weight excluding hydrogens is 541 g/mol. The molecule has 200 valence electrons. The van der Waals surface area contributed by atoms with E-state index in [-0.39, 0.29) is 0 Å². The standard InChI is InChI=1S/C40H24N2S/c1-2-10-26(11-3-1)42-36-16-8-4-12-28(36)31-20-18-25-22-33-29-13-5-7-15-35(29)41(37(33)24-32(25)40(31)42)27-19-21-39-34(23-27)30-14-6-9-17-38(30)43-39/h1-24H. The number of hydrogen-bond donors (Lipinski definition) is 0. The molecule has 0 unspecified atom stereocenters. The van der Waals surface area contributed by atoms with E-state index in [0.717, 1.165) is 0 Å². The van der Waals surface area contributed by atoms with Gasteiger partial charge in [-0.25, -0.2) is 0 Å². The van der Waals surface area contributed by atoms with Gasteiger partial charge in [0.05, 0.1) is 22.1 Å². The lowest BCUT2D eigenvalue weighted by Crippen LogP contribution is -1.95. The van der Waals surface area contributed by atoms with Crippen LogP contribution in [-0.4, -0.2) is 9.13 Å². The summed E-state index contributed by atoms with van der Waals surface area (Å²) < 4.78 is 7.56. The zero-order valence-corrected chi connectivity index (χ0v) is 24.0. The molecule has 0 spiro atoms. The van der Waals surface area contributed by atoms with Crippen LogP contribution in [0.3, 0.4) is 0 Å². The molecule has 7 aromatic carbocycles. The Balaban J connectivity index is 1.37. The van der Waals surface area contributed by atoms with Gasteiger partial charge in [-0.05, 0) is 66.0 Å². The molecule has 0 N–H and O–H groups in total. The fourth-order valence-corrected chi connectivity index (χ4v) is 8.31. The number of hydrogen-bond acceptors (Lipinski definition) is 1. The highest BCUT2D eigenvalue weighted by molar-refractivity contribution is 7.25. The second kappa shape index (κ2) is 8.57. The number of thiophene rings is 1. The number of nitrogens with zero attached hydrogens (tertiary/aromatic N) is 2. The highest BCUT2D eigenvalue weighted by Gasteiger charge is 2.19. The van der Waals surface area contributed by atoms with Crippen LogP contribution in [0.1, 0.15) is 0 Å². The topological polar surface area (TPSA) is 9.86 Å². The lowest BCUT2D eigenvalue weighted by atomic mass is 10.0. The normalized spacial score (nSPS) is 12.2. The number of rotatable bonds is 2. The Kier molecular flexibility index (Phi) is 4.63. The number of benzene rings is 7. The Morgan fingerprint density at radius 2 is 1.02 bits per heavy atom. The van der Waals surface area contributed by atoms with Crippen molar-refractivity contribution in [3.63, 3.8) is 0 Å². The van der Waals surface area contributed by atoms with E-state index in [1.807, 2.05) is 11.3 Å². The van der Waals surface area contributed by atoms with Gasteiger partial charge in [0.25, 0.3) is 0 Å². The zero-order valence-electron chi connectivity index (χ0n) is 23.2. The molecule has 3 heteroatoms. The predicted molar refractivity (Wildman–Crippen MR) is 186 cm³/mol. The smallest absolute Gasteiger partial charge is 0.0620 e. The number of fused-ring (bicyclic) bond motifs is 11. The second-order valence-electron chi connectivity index (χ2n) is 11.4. The molecular formula is C40H24N2S. The van der Waals surface area contributed by atoms with Crippen molar-refractivity contribution in [2.45, 2.75) is 0 Å². The molecule has 0 aliphatic rings. The van der Waals surface area contributed by atoms with E-state index in [9.17, 15) is 0 Å². The van der Waals surface area contributed by atoms with Crippen LogP contribution >= 0.6 is 11.3 Å². The third kappa shape index (κ3) is 3.17. The van der Waals surface area contributed by atoms with Crippen LogP contribution in [0, 0.1) is 0 Å². The lowest BCUT2D eigenvalue weighted by molar-refractivity contribution is 1.18. The van der Waals surface area contributed by atoms with Crippen molar-refractivity contribution in [2.75, 3.05) is 0 Å². The molecule has 10 aromatic rings. The molecule has 0 bridgehead atoms. The van der Waals surface area contributed by atoms with E-state index in [0.29, 0.717) is 0 Å². The molecule has 0 aliphatic carbocycles. The first-order valence-corrected chi connectivity index (χ1v) is 15.5. The summed E-state index contributed by atoms with van der Waals surface area (Å²) >= 11 is 1.87. The maximum atomic E-state index is 2.46. The van der Waals surface area contributed by atoms with Crippen LogP contribution in [0.4, 0.5) is 0 Å². The van der Waals surface area contributed by atoms with Gasteiger partial charge >= 0.3 is 0 Å². The Morgan fingerprint density at radius 3 is 1.86 bits per heavy atom. The molecule has 0 radical (unpaired) electrons. The summed E-state index contributed by atoms with van der Waals surface area (Å²) in [6.07, 6.45) is 0. The summed E-state index contributed by atoms with van der Waals surface area (Å²) in [5, 5.41) is 10.3. The van der Waals surface area contributed by atoms with Gasteiger partial charge in [0.15, 0.2) is 0 Å². The summed E-state index contributed by atoms with van der Waals surface area (Å²) in [5.74, 6) is 0. The fourth-order valence-electron chi connectivity index (χ4n) is 7.22. The first kappa shape index (κ1) is 23.2. The second-order valence-corrected chi connectivity index (χ2v) is 12.5. The van der Waals surface area contributed by atoms with Crippen LogP contribution in [0.2, 0.25) is 0 Å². The molecule has 43 heavy (non-hydrogen) atoms. The maximum Gasteiger partial charge on any atom is 0.0620 e. The zero-order chi connectivity index (χ0) is 28.1. The van der Waals surface area contributed by atoms with Gasteiger partial charge < -0.3 is 9.13 Å². The molecule has 0 amide bonds. The first-order valence-electron chi connectivity index (χ1n) is 14.7. The summed E-state index contributed by atoms with van der Waals surface area (Å²) in [6.45, 7) is 0. The van der Waals surface area contributed by atoms with Gasteiger partial charge in [-0.1, -0.05) is 84.9 Å². The highest BCUT2D eigenvalue weighted by Crippen LogP contribution is 2.42. The minimum atomic E-state index is 1.18. The molecule has 10 rings (SSSR count). The van der Waals surface area contributed by atoms with Crippen LogP contribution in [0.5, 0.6) is 0 Å². The van der Waals surface area contributed by atoms with Gasteiger partial charge in [-0.2, -0.15) is 0 Å². The molecule has 3 heterocycles. The van der Waals surface area contributed by atoms with Crippen molar-refractivity contribution in [1.29, 1.82) is 0 Å². The van der Waals surface area contributed by atoms with Crippen molar-refractivity contribution in [2.24, 2.45) is 0 Å². The molecule has 0 aliphatic heterocycles. The van der Waals surface area contributed by atoms with E-state index in [1.165, 1.54) is 85.9 Å². The highest BCUT2D eigenvalue weighted by atomic mass is 32.1. The van der Waals surface area contributed by atoms with Crippen LogP contribution in [-0.2, 0) is 0 Å². The average Bonchev–Trinajstić information content (AvgIpc) is 3.71. The molecule has 0 saturated heterocycles. The maximum absolute atomic E-state index is 2.46. The van der Waals surface area contributed by atoms with Crippen LogP contribution < -0.4 is 0 Å². The minimum absolute atomic E-state index is 1.18. The Bertz CT molecular complexity index is 2720. The lowest BCUT2D eigenvalue weighted by Gasteiger charge is -2.12. The first-order chi connectivity index (χ1) is 21.3. The third-order valence-corrected chi connectivity index (χ3v) is 10.2. The quantitative estimate of drug-likeness (QED) is 0.198. The van der Waals surface area contributed by atoms with Gasteiger partial charge in [-0.3, -0.25) is 0 Å². The summed E-state index contributed by atoms with van der Waals surface area (Å²) in [4.78, 5) is 0. The monoisotopic (exact) mass is 564 g/mol.